The topological polar surface area (TPSA) is 104 Å². The number of aromatic nitrogens is 4. The number of halogens is 2. The summed E-state index contributed by atoms with van der Waals surface area (Å²) in [4.78, 5) is 34.7. The zero-order chi connectivity index (χ0) is 19.0. The predicted molar refractivity (Wildman–Crippen MR) is 92.5 cm³/mol. The van der Waals surface area contributed by atoms with Gasteiger partial charge in [0.05, 0.1) is 24.6 Å². The van der Waals surface area contributed by atoms with Crippen molar-refractivity contribution in [3.8, 4) is 11.3 Å². The molecule has 0 aliphatic heterocycles. The van der Waals surface area contributed by atoms with Crippen molar-refractivity contribution in [3.05, 3.63) is 36.5 Å². The van der Waals surface area contributed by atoms with Crippen LogP contribution in [0.5, 0.6) is 0 Å². The van der Waals surface area contributed by atoms with E-state index in [-0.39, 0.29) is 17.6 Å². The van der Waals surface area contributed by atoms with Gasteiger partial charge in [-0.1, -0.05) is 0 Å². The minimum atomic E-state index is -2.62. The highest BCUT2D eigenvalue weighted by Crippen LogP contribution is 2.30. The number of nitrogens with zero attached hydrogens (tertiary/aromatic N) is 3. The molecule has 8 nitrogen and oxygen atoms in total. The van der Waals surface area contributed by atoms with Gasteiger partial charge in [-0.05, 0) is 25.0 Å². The Balaban J connectivity index is 1.51. The molecule has 0 aromatic carbocycles. The molecule has 1 aliphatic rings. The van der Waals surface area contributed by atoms with Gasteiger partial charge in [0.1, 0.15) is 5.65 Å². The molecule has 0 saturated heterocycles. The number of alkyl halides is 2. The number of hydrogen-bond donors (Lipinski definition) is 3. The number of H-pyrrole nitrogens is 1. The number of carbonyl (C=O) groups is 2. The van der Waals surface area contributed by atoms with E-state index in [9.17, 15) is 18.4 Å². The van der Waals surface area contributed by atoms with E-state index in [0.29, 0.717) is 17.2 Å². The van der Waals surface area contributed by atoms with Gasteiger partial charge in [-0.15, -0.1) is 0 Å². The second-order valence-electron chi connectivity index (χ2n) is 6.32. The second kappa shape index (κ2) is 6.78. The first-order valence-electron chi connectivity index (χ1n) is 8.41. The highest BCUT2D eigenvalue weighted by molar-refractivity contribution is 5.93. The van der Waals surface area contributed by atoms with E-state index in [1.165, 1.54) is 6.20 Å². The number of rotatable bonds is 6. The number of fused-ring (bicyclic) bond motifs is 1. The third kappa shape index (κ3) is 3.78. The van der Waals surface area contributed by atoms with Crippen LogP contribution < -0.4 is 10.6 Å². The predicted octanol–water partition coefficient (Wildman–Crippen LogP) is 2.07. The first kappa shape index (κ1) is 17.1. The van der Waals surface area contributed by atoms with Crippen molar-refractivity contribution in [2.45, 2.75) is 19.3 Å². The zero-order valence-electron chi connectivity index (χ0n) is 14.1. The lowest BCUT2D eigenvalue weighted by molar-refractivity contribution is -0.117. The maximum atomic E-state index is 12.2. The van der Waals surface area contributed by atoms with Crippen molar-refractivity contribution in [1.82, 2.24) is 24.7 Å². The third-order valence-electron chi connectivity index (χ3n) is 4.17. The zero-order valence-corrected chi connectivity index (χ0v) is 14.1. The SMILES string of the molecule is O=C(NCC(F)F)c1ncc(-c2ccc3nc(NC(=O)C4CC4)cn3c2)[nH]1. The van der Waals surface area contributed by atoms with E-state index in [4.69, 9.17) is 0 Å². The molecular formula is C17H16F2N6O2. The van der Waals surface area contributed by atoms with Gasteiger partial charge in [0, 0.05) is 17.7 Å². The highest BCUT2D eigenvalue weighted by atomic mass is 19.3. The van der Waals surface area contributed by atoms with Crippen molar-refractivity contribution < 1.29 is 18.4 Å². The molecule has 3 N–H and O–H groups in total. The van der Waals surface area contributed by atoms with Crippen molar-refractivity contribution in [1.29, 1.82) is 0 Å². The van der Waals surface area contributed by atoms with Crippen LogP contribution in [0.1, 0.15) is 23.5 Å². The first-order valence-corrected chi connectivity index (χ1v) is 8.41. The van der Waals surface area contributed by atoms with Crippen LogP contribution in [-0.2, 0) is 4.79 Å². The van der Waals surface area contributed by atoms with Crippen LogP contribution in [0.3, 0.4) is 0 Å². The Labute approximate surface area is 152 Å². The van der Waals surface area contributed by atoms with E-state index < -0.39 is 18.9 Å². The summed E-state index contributed by atoms with van der Waals surface area (Å²) < 4.78 is 26.1. The molecule has 1 fully saturated rings. The van der Waals surface area contributed by atoms with Crippen molar-refractivity contribution in [3.63, 3.8) is 0 Å². The van der Waals surface area contributed by atoms with Crippen LogP contribution in [0.2, 0.25) is 0 Å². The van der Waals surface area contributed by atoms with Gasteiger partial charge in [0.2, 0.25) is 5.91 Å². The summed E-state index contributed by atoms with van der Waals surface area (Å²) in [5.41, 5.74) is 1.93. The number of nitrogens with one attached hydrogen (secondary N) is 3. The monoisotopic (exact) mass is 374 g/mol. The number of amides is 2. The molecule has 10 heteroatoms. The molecule has 3 aromatic heterocycles. The number of carbonyl (C=O) groups excluding carboxylic acids is 2. The number of aromatic amines is 1. The summed E-state index contributed by atoms with van der Waals surface area (Å²) >= 11 is 0. The molecule has 3 aromatic rings. The van der Waals surface area contributed by atoms with Crippen LogP contribution in [0.25, 0.3) is 16.9 Å². The van der Waals surface area contributed by atoms with Gasteiger partial charge < -0.3 is 20.0 Å². The van der Waals surface area contributed by atoms with Gasteiger partial charge >= 0.3 is 0 Å². The number of hydrogen-bond acceptors (Lipinski definition) is 4. The van der Waals surface area contributed by atoms with Crippen molar-refractivity contribution in [2.24, 2.45) is 5.92 Å². The maximum absolute atomic E-state index is 12.2. The summed E-state index contributed by atoms with van der Waals surface area (Å²) in [6.45, 7) is -0.731. The molecule has 27 heavy (non-hydrogen) atoms. The lowest BCUT2D eigenvalue weighted by Crippen LogP contribution is -2.29. The molecule has 0 atom stereocenters. The van der Waals surface area contributed by atoms with E-state index in [0.717, 1.165) is 18.4 Å². The molecule has 0 radical (unpaired) electrons. The van der Waals surface area contributed by atoms with Gasteiger partial charge in [-0.3, -0.25) is 9.59 Å². The minimum absolute atomic E-state index is 0.0216. The van der Waals surface area contributed by atoms with E-state index >= 15 is 0 Å². The Morgan fingerprint density at radius 1 is 1.30 bits per heavy atom. The van der Waals surface area contributed by atoms with Gasteiger partial charge in [-0.25, -0.2) is 18.7 Å². The second-order valence-corrected chi connectivity index (χ2v) is 6.32. The normalized spacial score (nSPS) is 13.9. The Morgan fingerprint density at radius 3 is 2.85 bits per heavy atom. The quantitative estimate of drug-likeness (QED) is 0.614. The first-order chi connectivity index (χ1) is 13.0. The maximum Gasteiger partial charge on any atom is 0.287 e. The Hall–Kier alpha value is -3.30. The summed E-state index contributed by atoms with van der Waals surface area (Å²) in [7, 11) is 0. The summed E-state index contributed by atoms with van der Waals surface area (Å²) in [5.74, 6) is -0.207. The van der Waals surface area contributed by atoms with Crippen molar-refractivity contribution in [2.75, 3.05) is 11.9 Å². The lowest BCUT2D eigenvalue weighted by atomic mass is 10.2. The Kier molecular flexibility index (Phi) is 4.30. The van der Waals surface area contributed by atoms with Gasteiger partial charge in [0.15, 0.2) is 11.6 Å². The molecule has 4 rings (SSSR count). The van der Waals surface area contributed by atoms with Crippen LogP contribution in [0.4, 0.5) is 14.6 Å². The average molecular weight is 374 g/mol. The molecule has 0 bridgehead atoms. The fraction of sp³-hybridized carbons (Fsp3) is 0.294. The van der Waals surface area contributed by atoms with Gasteiger partial charge in [-0.2, -0.15) is 0 Å². The molecule has 0 unspecified atom stereocenters. The minimum Gasteiger partial charge on any atom is -0.344 e. The van der Waals surface area contributed by atoms with E-state index in [2.05, 4.69) is 25.6 Å². The van der Waals surface area contributed by atoms with Crippen LogP contribution in [0.15, 0.2) is 30.7 Å². The molecule has 2 amide bonds. The molecule has 3 heterocycles. The summed E-state index contributed by atoms with van der Waals surface area (Å²) in [6, 6.07) is 3.54. The summed E-state index contributed by atoms with van der Waals surface area (Å²) in [6.07, 6.45) is 4.12. The molecule has 0 spiro atoms. The molecule has 1 saturated carbocycles. The molecule has 140 valence electrons. The summed E-state index contributed by atoms with van der Waals surface area (Å²) in [5, 5.41) is 4.88. The largest absolute Gasteiger partial charge is 0.344 e. The van der Waals surface area contributed by atoms with E-state index in [1.54, 1.807) is 28.9 Å². The van der Waals surface area contributed by atoms with Gasteiger partial charge in [0.25, 0.3) is 12.3 Å². The standard InChI is InChI=1S/C17H16F2N6O2/c18-12(19)6-21-17(27)15-20-5-11(22-15)10-3-4-14-23-13(8-25(14)7-10)24-16(26)9-1-2-9/h3-5,7-9,12H,1-2,6H2,(H,20,22)(H,21,27)(H,24,26). The molecular weight excluding hydrogens is 358 g/mol. The average Bonchev–Trinajstić information content (AvgIpc) is 3.24. The van der Waals surface area contributed by atoms with Crippen LogP contribution in [0, 0.1) is 5.92 Å². The lowest BCUT2D eigenvalue weighted by Gasteiger charge is -2.01. The number of anilines is 1. The highest BCUT2D eigenvalue weighted by Gasteiger charge is 2.30. The third-order valence-corrected chi connectivity index (χ3v) is 4.17. The molecule has 1 aliphatic carbocycles. The van der Waals surface area contributed by atoms with Crippen LogP contribution in [-0.4, -0.2) is 44.1 Å². The Bertz CT molecular complexity index is 1010. The Morgan fingerprint density at radius 2 is 2.11 bits per heavy atom. The van der Waals surface area contributed by atoms with Crippen LogP contribution >= 0.6 is 0 Å². The fourth-order valence-electron chi connectivity index (χ4n) is 2.62. The number of pyridine rings is 1. The van der Waals surface area contributed by atoms with E-state index in [1.807, 2.05) is 0 Å². The fourth-order valence-corrected chi connectivity index (χ4v) is 2.62. The van der Waals surface area contributed by atoms with Crippen molar-refractivity contribution >= 4 is 23.3 Å². The number of imidazole rings is 2. The smallest absolute Gasteiger partial charge is 0.287 e.